The molecule has 1 aliphatic rings. The summed E-state index contributed by atoms with van der Waals surface area (Å²) in [7, 11) is 3.29. The Morgan fingerprint density at radius 1 is 0.833 bits per heavy atom. The highest BCUT2D eigenvalue weighted by molar-refractivity contribution is 8.76. The minimum Gasteiger partial charge on any atom is -0.463 e. The summed E-state index contributed by atoms with van der Waals surface area (Å²) in [5.41, 5.74) is 0. The predicted molar refractivity (Wildman–Crippen MR) is 108 cm³/mol. The van der Waals surface area contributed by atoms with Crippen molar-refractivity contribution < 1.29 is 47.6 Å². The summed E-state index contributed by atoms with van der Waals surface area (Å²) < 4.78 is 32.5. The van der Waals surface area contributed by atoms with E-state index in [0.717, 1.165) is 5.75 Å². The molecule has 0 saturated carbocycles. The maximum atomic E-state index is 11.7. The second-order valence-corrected chi connectivity index (χ2v) is 8.97. The van der Waals surface area contributed by atoms with Crippen LogP contribution in [0.5, 0.6) is 0 Å². The molecule has 1 fully saturated rings. The van der Waals surface area contributed by atoms with Gasteiger partial charge in [0.2, 0.25) is 0 Å². The van der Waals surface area contributed by atoms with Gasteiger partial charge in [-0.1, -0.05) is 21.6 Å². The van der Waals surface area contributed by atoms with Crippen molar-refractivity contribution in [3.05, 3.63) is 0 Å². The zero-order chi connectivity index (χ0) is 22.7. The Bertz CT molecular complexity index is 600. The van der Waals surface area contributed by atoms with Gasteiger partial charge in [0.05, 0.1) is 6.61 Å². The number of carbonyl (C=O) groups excluding carboxylic acids is 4. The summed E-state index contributed by atoms with van der Waals surface area (Å²) in [6, 6.07) is 0. The first-order valence-electron chi connectivity index (χ1n) is 9.23. The molecule has 0 spiro atoms. The van der Waals surface area contributed by atoms with Gasteiger partial charge < -0.3 is 28.4 Å². The molecule has 0 aliphatic carbocycles. The molecular weight excluding hydrogens is 440 g/mol. The van der Waals surface area contributed by atoms with Crippen LogP contribution in [-0.2, 0) is 47.6 Å². The SMILES string of the molecule is CSSCCCO[C@H]1O[C@H](COC(C)=O)[C@@H](OC(C)=O)[C@H](OC(C)=O)[C@@H]1OC(C)=O. The monoisotopic (exact) mass is 468 g/mol. The number of hydrogen-bond acceptors (Lipinski definition) is 12. The third kappa shape index (κ3) is 9.54. The van der Waals surface area contributed by atoms with E-state index >= 15 is 0 Å². The van der Waals surface area contributed by atoms with Crippen molar-refractivity contribution >= 4 is 45.5 Å². The van der Waals surface area contributed by atoms with Crippen molar-refractivity contribution in [2.45, 2.75) is 64.8 Å². The lowest BCUT2D eigenvalue weighted by atomic mass is 9.98. The van der Waals surface area contributed by atoms with E-state index in [2.05, 4.69) is 0 Å². The van der Waals surface area contributed by atoms with E-state index in [-0.39, 0.29) is 13.2 Å². The van der Waals surface area contributed by atoms with E-state index in [4.69, 9.17) is 28.4 Å². The summed E-state index contributed by atoms with van der Waals surface area (Å²) in [4.78, 5) is 46.3. The fraction of sp³-hybridized carbons (Fsp3) is 0.778. The van der Waals surface area contributed by atoms with Gasteiger partial charge in [-0.25, -0.2) is 0 Å². The van der Waals surface area contributed by atoms with E-state index in [1.54, 1.807) is 21.6 Å². The van der Waals surface area contributed by atoms with Gasteiger partial charge in [-0.3, -0.25) is 19.2 Å². The minimum atomic E-state index is -1.21. The molecule has 10 nitrogen and oxygen atoms in total. The molecular formula is C18H28O10S2. The average Bonchev–Trinajstić information content (AvgIpc) is 2.63. The van der Waals surface area contributed by atoms with Crippen LogP contribution in [0.4, 0.5) is 0 Å². The lowest BCUT2D eigenvalue weighted by molar-refractivity contribution is -0.308. The molecule has 12 heteroatoms. The molecule has 1 rings (SSSR count). The standard InChI is InChI=1S/C18H28O10S2/c1-10(19)24-9-14-15(25-11(2)20)16(26-12(3)21)17(27-13(4)22)18(28-14)23-7-6-8-30-29-5/h14-18H,6-9H2,1-5H3/t14-,15-,16+,17+,18+/m1/s1. The van der Waals surface area contributed by atoms with Gasteiger partial charge in [0.1, 0.15) is 12.7 Å². The van der Waals surface area contributed by atoms with E-state index in [0.29, 0.717) is 6.42 Å². The number of rotatable bonds is 11. The lowest BCUT2D eigenvalue weighted by Gasteiger charge is -2.44. The van der Waals surface area contributed by atoms with Crippen LogP contribution in [0.2, 0.25) is 0 Å². The van der Waals surface area contributed by atoms with E-state index in [1.165, 1.54) is 27.7 Å². The molecule has 1 saturated heterocycles. The van der Waals surface area contributed by atoms with E-state index in [9.17, 15) is 19.2 Å². The van der Waals surface area contributed by atoms with Crippen molar-refractivity contribution in [2.75, 3.05) is 25.2 Å². The van der Waals surface area contributed by atoms with Crippen LogP contribution < -0.4 is 0 Å². The second-order valence-electron chi connectivity index (χ2n) is 6.28. The Balaban J connectivity index is 3.13. The lowest BCUT2D eigenvalue weighted by Crippen LogP contribution is -2.63. The quantitative estimate of drug-likeness (QED) is 0.189. The molecule has 0 bridgehead atoms. The van der Waals surface area contributed by atoms with Crippen molar-refractivity contribution in [3.8, 4) is 0 Å². The summed E-state index contributed by atoms with van der Waals surface area (Å²) in [6.07, 6.45) is -3.04. The summed E-state index contributed by atoms with van der Waals surface area (Å²) >= 11 is 0. The fourth-order valence-electron chi connectivity index (χ4n) is 2.72. The molecule has 0 aromatic heterocycles. The number of carbonyl (C=O) groups is 4. The normalized spacial score (nSPS) is 25.8. The summed E-state index contributed by atoms with van der Waals surface area (Å²) in [5, 5.41) is 0. The van der Waals surface area contributed by atoms with Gasteiger partial charge in [0, 0.05) is 33.4 Å². The van der Waals surface area contributed by atoms with Crippen LogP contribution in [0.15, 0.2) is 0 Å². The molecule has 5 atom stereocenters. The van der Waals surface area contributed by atoms with Gasteiger partial charge in [-0.15, -0.1) is 0 Å². The first kappa shape index (κ1) is 26.5. The molecule has 0 unspecified atom stereocenters. The van der Waals surface area contributed by atoms with E-state index in [1.807, 2.05) is 6.26 Å². The molecule has 0 radical (unpaired) electrons. The van der Waals surface area contributed by atoms with Gasteiger partial charge in [0.25, 0.3) is 0 Å². The zero-order valence-electron chi connectivity index (χ0n) is 17.6. The Morgan fingerprint density at radius 2 is 1.40 bits per heavy atom. The van der Waals surface area contributed by atoms with Crippen LogP contribution >= 0.6 is 21.6 Å². The van der Waals surface area contributed by atoms with Gasteiger partial charge in [0.15, 0.2) is 24.6 Å². The number of hydrogen-bond donors (Lipinski definition) is 0. The maximum Gasteiger partial charge on any atom is 0.303 e. The molecule has 1 heterocycles. The van der Waals surface area contributed by atoms with Crippen molar-refractivity contribution in [1.82, 2.24) is 0 Å². The third-order valence-electron chi connectivity index (χ3n) is 3.72. The Kier molecular flexibility index (Phi) is 12.1. The number of esters is 4. The Morgan fingerprint density at radius 3 is 1.93 bits per heavy atom. The number of ether oxygens (including phenoxy) is 6. The minimum absolute atomic E-state index is 0.278. The third-order valence-corrected chi connectivity index (χ3v) is 5.62. The molecule has 0 aromatic rings. The zero-order valence-corrected chi connectivity index (χ0v) is 19.2. The van der Waals surface area contributed by atoms with Crippen LogP contribution in [-0.4, -0.2) is 79.8 Å². The summed E-state index contributed by atoms with van der Waals surface area (Å²) in [5.74, 6) is -1.77. The smallest absolute Gasteiger partial charge is 0.303 e. The fourth-order valence-corrected chi connectivity index (χ4v) is 3.98. The first-order valence-corrected chi connectivity index (χ1v) is 12.0. The van der Waals surface area contributed by atoms with Crippen molar-refractivity contribution in [2.24, 2.45) is 0 Å². The first-order chi connectivity index (χ1) is 14.1. The highest BCUT2D eigenvalue weighted by atomic mass is 33.1. The highest BCUT2D eigenvalue weighted by Crippen LogP contribution is 2.30. The van der Waals surface area contributed by atoms with Crippen LogP contribution in [0.25, 0.3) is 0 Å². The molecule has 1 aliphatic heterocycles. The Hall–Kier alpha value is -1.50. The largest absolute Gasteiger partial charge is 0.463 e. The molecule has 30 heavy (non-hydrogen) atoms. The Labute approximate surface area is 183 Å². The van der Waals surface area contributed by atoms with Crippen LogP contribution in [0.1, 0.15) is 34.1 Å². The molecule has 0 amide bonds. The van der Waals surface area contributed by atoms with E-state index < -0.39 is 54.6 Å². The van der Waals surface area contributed by atoms with Crippen molar-refractivity contribution in [1.29, 1.82) is 0 Å². The van der Waals surface area contributed by atoms with Crippen LogP contribution in [0, 0.1) is 0 Å². The molecule has 0 aromatic carbocycles. The summed E-state index contributed by atoms with van der Waals surface area (Å²) in [6.45, 7) is 4.73. The van der Waals surface area contributed by atoms with Gasteiger partial charge in [-0.05, 0) is 12.7 Å². The average molecular weight is 469 g/mol. The predicted octanol–water partition coefficient (Wildman–Crippen LogP) is 1.49. The second kappa shape index (κ2) is 13.7. The van der Waals surface area contributed by atoms with Gasteiger partial charge >= 0.3 is 23.9 Å². The van der Waals surface area contributed by atoms with Crippen LogP contribution in [0.3, 0.4) is 0 Å². The van der Waals surface area contributed by atoms with Crippen molar-refractivity contribution in [3.63, 3.8) is 0 Å². The highest BCUT2D eigenvalue weighted by Gasteiger charge is 2.52. The molecule has 0 N–H and O–H groups in total. The maximum absolute atomic E-state index is 11.7. The van der Waals surface area contributed by atoms with Gasteiger partial charge in [-0.2, -0.15) is 0 Å². The molecule has 172 valence electrons. The topological polar surface area (TPSA) is 124 Å².